The molecule has 0 aromatic carbocycles. The van der Waals surface area contributed by atoms with Crippen molar-refractivity contribution in [3.63, 3.8) is 0 Å². The van der Waals surface area contributed by atoms with Crippen LogP contribution in [-0.2, 0) is 4.74 Å². The minimum absolute atomic E-state index is 0.465. The van der Waals surface area contributed by atoms with E-state index in [1.54, 1.807) is 19.5 Å². The van der Waals surface area contributed by atoms with E-state index in [0.717, 1.165) is 11.1 Å². The molecule has 1 atom stereocenters. The molecule has 1 rings (SSSR count). The van der Waals surface area contributed by atoms with E-state index >= 15 is 0 Å². The van der Waals surface area contributed by atoms with Crippen LogP contribution in [0.5, 0.6) is 0 Å². The van der Waals surface area contributed by atoms with Crippen molar-refractivity contribution in [2.45, 2.75) is 19.4 Å². The third-order valence-corrected chi connectivity index (χ3v) is 1.88. The lowest BCUT2D eigenvalue weighted by Gasteiger charge is -2.09. The lowest BCUT2D eigenvalue weighted by molar-refractivity contribution is 0.110. The molecule has 0 radical (unpaired) electrons. The Kier molecular flexibility index (Phi) is 3.86. The van der Waals surface area contributed by atoms with Crippen molar-refractivity contribution in [1.29, 1.82) is 0 Å². The smallest absolute Gasteiger partial charge is 0.0826 e. The van der Waals surface area contributed by atoms with Crippen molar-refractivity contribution in [3.05, 3.63) is 29.6 Å². The minimum Gasteiger partial charge on any atom is -0.388 e. The molecule has 0 spiro atoms. The Morgan fingerprint density at radius 1 is 1.54 bits per heavy atom. The predicted octanol–water partition coefficient (Wildman–Crippen LogP) is 1.46. The van der Waals surface area contributed by atoms with Crippen molar-refractivity contribution in [1.82, 2.24) is 4.98 Å². The van der Waals surface area contributed by atoms with Gasteiger partial charge in [0.25, 0.3) is 0 Å². The van der Waals surface area contributed by atoms with E-state index < -0.39 is 6.10 Å². The molecule has 1 unspecified atom stereocenters. The highest BCUT2D eigenvalue weighted by Crippen LogP contribution is 2.15. The second-order valence-electron chi connectivity index (χ2n) is 3.09. The van der Waals surface area contributed by atoms with Crippen LogP contribution in [0.3, 0.4) is 0 Å². The summed E-state index contributed by atoms with van der Waals surface area (Å²) in [6, 6.07) is 1.94. The lowest BCUT2D eigenvalue weighted by Crippen LogP contribution is -2.02. The number of ether oxygens (including phenoxy) is 1. The van der Waals surface area contributed by atoms with Gasteiger partial charge in [-0.25, -0.2) is 0 Å². The second kappa shape index (κ2) is 4.94. The van der Waals surface area contributed by atoms with Crippen molar-refractivity contribution in [2.75, 3.05) is 13.7 Å². The molecular weight excluding hydrogens is 166 g/mol. The zero-order valence-electron chi connectivity index (χ0n) is 8.03. The third-order valence-electron chi connectivity index (χ3n) is 1.88. The molecule has 13 heavy (non-hydrogen) atoms. The SMILES string of the molecule is COCCC(O)c1cncc(C)c1. The van der Waals surface area contributed by atoms with E-state index in [0.29, 0.717) is 13.0 Å². The Hall–Kier alpha value is -0.930. The van der Waals surface area contributed by atoms with Gasteiger partial charge in [0, 0.05) is 32.5 Å². The number of aliphatic hydroxyl groups excluding tert-OH is 1. The van der Waals surface area contributed by atoms with Crippen LogP contribution in [0.4, 0.5) is 0 Å². The molecule has 0 fully saturated rings. The fourth-order valence-corrected chi connectivity index (χ4v) is 1.16. The van der Waals surface area contributed by atoms with E-state index in [1.807, 2.05) is 13.0 Å². The fourth-order valence-electron chi connectivity index (χ4n) is 1.16. The summed E-state index contributed by atoms with van der Waals surface area (Å²) in [5.41, 5.74) is 1.92. The van der Waals surface area contributed by atoms with Crippen LogP contribution in [0.25, 0.3) is 0 Å². The number of hydrogen-bond donors (Lipinski definition) is 1. The predicted molar refractivity (Wildman–Crippen MR) is 50.4 cm³/mol. The van der Waals surface area contributed by atoms with E-state index in [1.165, 1.54) is 0 Å². The first-order chi connectivity index (χ1) is 6.24. The van der Waals surface area contributed by atoms with Gasteiger partial charge in [-0.05, 0) is 18.1 Å². The molecule has 0 amide bonds. The molecule has 0 aliphatic carbocycles. The molecule has 3 nitrogen and oxygen atoms in total. The maximum absolute atomic E-state index is 9.66. The lowest BCUT2D eigenvalue weighted by atomic mass is 10.1. The standard InChI is InChI=1S/C10H15NO2/c1-8-5-9(7-11-6-8)10(12)3-4-13-2/h5-7,10,12H,3-4H2,1-2H3. The molecule has 0 aliphatic heterocycles. The van der Waals surface area contributed by atoms with Gasteiger partial charge in [-0.15, -0.1) is 0 Å². The molecule has 0 bridgehead atoms. The molecular formula is C10H15NO2. The van der Waals surface area contributed by atoms with Crippen LogP contribution >= 0.6 is 0 Å². The molecule has 0 saturated heterocycles. The summed E-state index contributed by atoms with van der Waals surface area (Å²) in [6.07, 6.45) is 3.61. The van der Waals surface area contributed by atoms with Gasteiger partial charge in [0.15, 0.2) is 0 Å². The largest absolute Gasteiger partial charge is 0.388 e. The van der Waals surface area contributed by atoms with Crippen LogP contribution in [0.2, 0.25) is 0 Å². The Morgan fingerprint density at radius 3 is 2.92 bits per heavy atom. The first-order valence-corrected chi connectivity index (χ1v) is 4.32. The highest BCUT2D eigenvalue weighted by atomic mass is 16.5. The number of aliphatic hydroxyl groups is 1. The van der Waals surface area contributed by atoms with E-state index in [4.69, 9.17) is 4.74 Å². The molecule has 1 aromatic rings. The molecule has 1 aromatic heterocycles. The van der Waals surface area contributed by atoms with Crippen molar-refractivity contribution < 1.29 is 9.84 Å². The van der Waals surface area contributed by atoms with Crippen LogP contribution in [0.15, 0.2) is 18.5 Å². The van der Waals surface area contributed by atoms with E-state index in [9.17, 15) is 5.11 Å². The Bertz CT molecular complexity index is 263. The Balaban J connectivity index is 2.60. The summed E-state index contributed by atoms with van der Waals surface area (Å²) in [5.74, 6) is 0. The van der Waals surface area contributed by atoms with Crippen molar-refractivity contribution in [3.8, 4) is 0 Å². The number of methoxy groups -OCH3 is 1. The number of hydrogen-bond acceptors (Lipinski definition) is 3. The normalized spacial score (nSPS) is 12.8. The van der Waals surface area contributed by atoms with Gasteiger partial charge in [-0.3, -0.25) is 4.98 Å². The molecule has 72 valence electrons. The fraction of sp³-hybridized carbons (Fsp3) is 0.500. The average molecular weight is 181 g/mol. The second-order valence-corrected chi connectivity index (χ2v) is 3.09. The van der Waals surface area contributed by atoms with Gasteiger partial charge in [0.05, 0.1) is 6.10 Å². The molecule has 1 N–H and O–H groups in total. The molecule has 1 heterocycles. The summed E-state index contributed by atoms with van der Waals surface area (Å²) in [5, 5.41) is 9.66. The zero-order valence-corrected chi connectivity index (χ0v) is 8.03. The Morgan fingerprint density at radius 2 is 2.31 bits per heavy atom. The van der Waals surface area contributed by atoms with Crippen LogP contribution < -0.4 is 0 Å². The minimum atomic E-state index is -0.465. The van der Waals surface area contributed by atoms with Crippen LogP contribution in [-0.4, -0.2) is 23.8 Å². The summed E-state index contributed by atoms with van der Waals surface area (Å²) in [7, 11) is 1.63. The monoisotopic (exact) mass is 181 g/mol. The summed E-state index contributed by atoms with van der Waals surface area (Å²) >= 11 is 0. The topological polar surface area (TPSA) is 42.4 Å². The molecule has 3 heteroatoms. The van der Waals surface area contributed by atoms with E-state index in [2.05, 4.69) is 4.98 Å². The number of aryl methyl sites for hydroxylation is 1. The summed E-state index contributed by atoms with van der Waals surface area (Å²) in [6.45, 7) is 2.52. The Labute approximate surface area is 78.4 Å². The highest BCUT2D eigenvalue weighted by Gasteiger charge is 2.06. The maximum atomic E-state index is 9.66. The molecule has 0 aliphatic rings. The third kappa shape index (κ3) is 3.13. The molecule has 0 saturated carbocycles. The first kappa shape index (κ1) is 10.2. The number of nitrogens with zero attached hydrogens (tertiary/aromatic N) is 1. The number of pyridine rings is 1. The average Bonchev–Trinajstić information content (AvgIpc) is 2.14. The van der Waals surface area contributed by atoms with Crippen molar-refractivity contribution >= 4 is 0 Å². The van der Waals surface area contributed by atoms with Gasteiger partial charge >= 0.3 is 0 Å². The quantitative estimate of drug-likeness (QED) is 0.764. The van der Waals surface area contributed by atoms with Crippen LogP contribution in [0.1, 0.15) is 23.7 Å². The summed E-state index contributed by atoms with van der Waals surface area (Å²) < 4.78 is 4.88. The van der Waals surface area contributed by atoms with Gasteiger partial charge in [-0.1, -0.05) is 6.07 Å². The maximum Gasteiger partial charge on any atom is 0.0826 e. The van der Waals surface area contributed by atoms with E-state index in [-0.39, 0.29) is 0 Å². The highest BCUT2D eigenvalue weighted by molar-refractivity contribution is 5.18. The number of rotatable bonds is 4. The van der Waals surface area contributed by atoms with Crippen molar-refractivity contribution in [2.24, 2.45) is 0 Å². The van der Waals surface area contributed by atoms with Gasteiger partial charge in [0.2, 0.25) is 0 Å². The summed E-state index contributed by atoms with van der Waals surface area (Å²) in [4.78, 5) is 4.01. The van der Waals surface area contributed by atoms with Gasteiger partial charge < -0.3 is 9.84 Å². The van der Waals surface area contributed by atoms with Crippen LogP contribution in [0, 0.1) is 6.92 Å². The number of aromatic nitrogens is 1. The van der Waals surface area contributed by atoms with Gasteiger partial charge in [0.1, 0.15) is 0 Å². The van der Waals surface area contributed by atoms with Gasteiger partial charge in [-0.2, -0.15) is 0 Å². The first-order valence-electron chi connectivity index (χ1n) is 4.32. The zero-order chi connectivity index (χ0) is 9.68.